The molecule has 0 radical (unpaired) electrons. The number of sulfonamides is 1. The van der Waals surface area contributed by atoms with E-state index in [9.17, 15) is 27.6 Å². The molecule has 5 aliphatic rings. The van der Waals surface area contributed by atoms with Gasteiger partial charge in [-0.25, -0.2) is 18.2 Å². The van der Waals surface area contributed by atoms with Crippen LogP contribution in [0.25, 0.3) is 10.9 Å². The smallest absolute Gasteiger partial charge is 0.407 e. The van der Waals surface area contributed by atoms with Crippen LogP contribution in [0.1, 0.15) is 97.0 Å². The summed E-state index contributed by atoms with van der Waals surface area (Å²) in [6.07, 6.45) is 7.86. The topological polar surface area (TPSA) is 182 Å². The molecular weight excluding hydrogens is 783 g/mol. The van der Waals surface area contributed by atoms with Crippen molar-refractivity contribution in [2.24, 2.45) is 17.3 Å². The number of fused-ring (bicyclic) bond motifs is 3. The maximum Gasteiger partial charge on any atom is 0.407 e. The number of alkyl carbamates (subject to hydrolysis) is 1. The molecule has 0 spiro atoms. The SMILES string of the molecule is C=C[C@H]1C[C@@]1(NC(=O)[C@@H]1C[C@@H]2CN1C(=O)[C@H](C1CCCCC1)NC(=O)OCC(C)(C)CCCc1cc3c(cc(SCC)nc3cc1OC)O2)C(=O)NS(=O)(=O)C1CC1. The number of hydrogen-bond acceptors (Lipinski definition) is 11. The number of ether oxygens (including phenoxy) is 3. The van der Waals surface area contributed by atoms with E-state index in [1.54, 1.807) is 18.9 Å². The number of thioether (sulfide) groups is 1. The summed E-state index contributed by atoms with van der Waals surface area (Å²) in [4.78, 5) is 63.1. The summed E-state index contributed by atoms with van der Waals surface area (Å²) in [7, 11) is -2.27. The van der Waals surface area contributed by atoms with Gasteiger partial charge in [0.05, 0.1) is 31.0 Å². The number of carbonyl (C=O) groups excluding carboxylic acids is 4. The van der Waals surface area contributed by atoms with Crippen LogP contribution in [-0.4, -0.2) is 97.1 Å². The lowest BCUT2D eigenvalue weighted by Crippen LogP contribution is -2.59. The molecule has 3 aliphatic carbocycles. The van der Waals surface area contributed by atoms with Crippen molar-refractivity contribution in [2.45, 2.75) is 132 Å². The van der Waals surface area contributed by atoms with Gasteiger partial charge in [0.1, 0.15) is 40.3 Å². The van der Waals surface area contributed by atoms with Crippen LogP contribution < -0.4 is 24.8 Å². The van der Waals surface area contributed by atoms with E-state index < -0.39 is 68.7 Å². The summed E-state index contributed by atoms with van der Waals surface area (Å²) in [5.41, 5.74) is -0.244. The molecule has 1 aromatic carbocycles. The standard InChI is InChI=1S/C42H57N5O9S2/c1-6-27-22-42(27,39(50)46-58(52,53)29-15-16-29)45-37(48)32-19-28-23-47(32)38(49)36(25-12-9-8-10-13-25)44-40(51)55-24-41(3,4)17-11-14-26-18-30-31(20-33(26)54-5)43-35(57-7-2)21-34(30)56-28/h6,18,20-21,25,27-29,32,36H,1,7-17,19,22-24H2,2-5H3,(H,44,51)(H,45,48)(H,46,50)/t27-,28+,32-,36-,42-/m0/s1. The highest BCUT2D eigenvalue weighted by molar-refractivity contribution is 7.99. The summed E-state index contributed by atoms with van der Waals surface area (Å²) in [6, 6.07) is 3.79. The minimum absolute atomic E-state index is 0.0210. The molecule has 4 amide bonds. The first kappa shape index (κ1) is 42.1. The Hall–Kier alpha value is -4.05. The van der Waals surface area contributed by atoms with Gasteiger partial charge in [0.25, 0.3) is 5.91 Å². The fourth-order valence-electron chi connectivity index (χ4n) is 8.81. The van der Waals surface area contributed by atoms with Gasteiger partial charge in [-0.1, -0.05) is 46.1 Å². The van der Waals surface area contributed by atoms with Gasteiger partial charge in [-0.3, -0.25) is 19.1 Å². The summed E-state index contributed by atoms with van der Waals surface area (Å²) in [5.74, 6) is -0.517. The number of hydrogen-bond donors (Lipinski definition) is 3. The quantitative estimate of drug-likeness (QED) is 0.206. The van der Waals surface area contributed by atoms with Crippen molar-refractivity contribution in [1.82, 2.24) is 25.2 Å². The molecule has 4 bridgehead atoms. The average Bonchev–Trinajstić information content (AvgIpc) is 4.12. The molecule has 1 saturated heterocycles. The minimum atomic E-state index is -3.90. The Morgan fingerprint density at radius 3 is 2.55 bits per heavy atom. The summed E-state index contributed by atoms with van der Waals surface area (Å²) in [6.45, 7) is 10.1. The summed E-state index contributed by atoms with van der Waals surface area (Å²) >= 11 is 1.57. The number of nitrogens with one attached hydrogen (secondary N) is 3. The van der Waals surface area contributed by atoms with Gasteiger partial charge < -0.3 is 29.7 Å². The molecule has 2 aliphatic heterocycles. The van der Waals surface area contributed by atoms with E-state index in [1.807, 2.05) is 39.0 Å². The largest absolute Gasteiger partial charge is 0.496 e. The predicted octanol–water partition coefficient (Wildman–Crippen LogP) is 5.41. The second-order valence-electron chi connectivity index (χ2n) is 17.4. The fourth-order valence-corrected chi connectivity index (χ4v) is 10.8. The number of amides is 4. The Balaban J connectivity index is 1.27. The van der Waals surface area contributed by atoms with Gasteiger partial charge in [-0.15, -0.1) is 18.3 Å². The van der Waals surface area contributed by atoms with Gasteiger partial charge in [0.15, 0.2) is 0 Å². The second-order valence-corrected chi connectivity index (χ2v) is 20.6. The number of rotatable bonds is 10. The van der Waals surface area contributed by atoms with Crippen LogP contribution >= 0.6 is 11.8 Å². The van der Waals surface area contributed by atoms with Crippen molar-refractivity contribution in [2.75, 3.05) is 26.0 Å². The lowest BCUT2D eigenvalue weighted by Gasteiger charge is -2.35. The molecule has 1 aromatic heterocycles. The predicted molar refractivity (Wildman–Crippen MR) is 220 cm³/mol. The van der Waals surface area contributed by atoms with Crippen molar-refractivity contribution in [3.05, 3.63) is 36.4 Å². The number of carbonyl (C=O) groups is 4. The van der Waals surface area contributed by atoms with Crippen molar-refractivity contribution in [1.29, 1.82) is 0 Å². The van der Waals surface area contributed by atoms with E-state index in [0.29, 0.717) is 36.3 Å². The lowest BCUT2D eigenvalue weighted by atomic mass is 9.83. The Bertz CT molecular complexity index is 2050. The Morgan fingerprint density at radius 2 is 1.88 bits per heavy atom. The van der Waals surface area contributed by atoms with Gasteiger partial charge in [0.2, 0.25) is 21.8 Å². The first-order valence-electron chi connectivity index (χ1n) is 20.7. The third-order valence-corrected chi connectivity index (χ3v) is 15.0. The van der Waals surface area contributed by atoms with Crippen LogP contribution in [0.5, 0.6) is 11.5 Å². The molecule has 2 aromatic rings. The summed E-state index contributed by atoms with van der Waals surface area (Å²) < 4.78 is 46.3. The molecule has 5 atom stereocenters. The molecule has 3 heterocycles. The lowest BCUT2D eigenvalue weighted by molar-refractivity contribution is -0.142. The first-order chi connectivity index (χ1) is 27.7. The Kier molecular flexibility index (Phi) is 12.3. The fraction of sp³-hybridized carbons (Fsp3) is 0.643. The highest BCUT2D eigenvalue weighted by Gasteiger charge is 2.62. The Labute approximate surface area is 345 Å². The van der Waals surface area contributed by atoms with Crippen LogP contribution in [0.4, 0.5) is 4.79 Å². The minimum Gasteiger partial charge on any atom is -0.496 e. The number of cyclic esters (lactones) is 1. The number of methoxy groups -OCH3 is 1. The zero-order valence-corrected chi connectivity index (χ0v) is 35.6. The molecule has 0 unspecified atom stereocenters. The van der Waals surface area contributed by atoms with E-state index in [2.05, 4.69) is 21.9 Å². The third-order valence-electron chi connectivity index (χ3n) is 12.4. The maximum absolute atomic E-state index is 14.9. The van der Waals surface area contributed by atoms with Crippen molar-refractivity contribution in [3.8, 4) is 11.5 Å². The number of aromatic nitrogens is 1. The van der Waals surface area contributed by atoms with E-state index in [-0.39, 0.29) is 37.3 Å². The zero-order valence-electron chi connectivity index (χ0n) is 34.0. The highest BCUT2D eigenvalue weighted by Crippen LogP contribution is 2.46. The van der Waals surface area contributed by atoms with Gasteiger partial charge in [0, 0.05) is 29.9 Å². The van der Waals surface area contributed by atoms with Crippen LogP contribution in [0.2, 0.25) is 0 Å². The molecule has 58 heavy (non-hydrogen) atoms. The molecule has 3 saturated carbocycles. The molecule has 16 heteroatoms. The molecule has 4 fully saturated rings. The molecule has 316 valence electrons. The number of aryl methyl sites for hydroxylation is 1. The van der Waals surface area contributed by atoms with Gasteiger partial charge >= 0.3 is 6.09 Å². The zero-order chi connectivity index (χ0) is 41.4. The van der Waals surface area contributed by atoms with E-state index in [1.165, 1.54) is 11.0 Å². The van der Waals surface area contributed by atoms with E-state index in [0.717, 1.165) is 66.7 Å². The average molecular weight is 840 g/mol. The molecule has 3 N–H and O–H groups in total. The number of nitrogens with zero attached hydrogens (tertiary/aromatic N) is 2. The Morgan fingerprint density at radius 1 is 1.12 bits per heavy atom. The van der Waals surface area contributed by atoms with E-state index >= 15 is 0 Å². The van der Waals surface area contributed by atoms with Crippen molar-refractivity contribution in [3.63, 3.8) is 0 Å². The maximum atomic E-state index is 14.9. The van der Waals surface area contributed by atoms with Gasteiger partial charge in [-0.05, 0) is 80.1 Å². The molecule has 14 nitrogen and oxygen atoms in total. The molecular formula is C42H57N5O9S2. The van der Waals surface area contributed by atoms with Crippen LogP contribution in [0, 0.1) is 17.3 Å². The summed E-state index contributed by atoms with van der Waals surface area (Å²) in [5, 5.41) is 6.68. The van der Waals surface area contributed by atoms with Crippen LogP contribution in [-0.2, 0) is 35.6 Å². The first-order valence-corrected chi connectivity index (χ1v) is 23.3. The van der Waals surface area contributed by atoms with Gasteiger partial charge in [-0.2, -0.15) is 0 Å². The van der Waals surface area contributed by atoms with E-state index in [4.69, 9.17) is 19.2 Å². The number of pyridine rings is 1. The third kappa shape index (κ3) is 9.07. The monoisotopic (exact) mass is 839 g/mol. The molecule has 7 rings (SSSR count). The van der Waals surface area contributed by atoms with Crippen LogP contribution in [0.15, 0.2) is 35.9 Å². The highest BCUT2D eigenvalue weighted by atomic mass is 32.2. The van der Waals surface area contributed by atoms with Crippen LogP contribution in [0.3, 0.4) is 0 Å². The number of benzene rings is 1. The second kappa shape index (κ2) is 16.9. The van der Waals surface area contributed by atoms with Crippen molar-refractivity contribution < 1.29 is 41.8 Å². The van der Waals surface area contributed by atoms with Crippen molar-refractivity contribution >= 4 is 56.5 Å². The normalized spacial score (nSPS) is 28.0.